The minimum Gasteiger partial charge on any atom is -0.464 e. The van der Waals surface area contributed by atoms with Crippen molar-refractivity contribution in [1.29, 1.82) is 0 Å². The number of nitrogens with one attached hydrogen (secondary N) is 1. The average Bonchev–Trinajstić information content (AvgIpc) is 2.73. The minimum atomic E-state index is -0.651. The van der Waals surface area contributed by atoms with Gasteiger partial charge in [-0.2, -0.15) is 0 Å². The summed E-state index contributed by atoms with van der Waals surface area (Å²) in [5, 5.41) is 3.46. The number of nitrogens with zero attached hydrogens (tertiary/aromatic N) is 1. The van der Waals surface area contributed by atoms with Crippen molar-refractivity contribution in [3.05, 3.63) is 66.2 Å². The second kappa shape index (κ2) is 9.56. The smallest absolute Gasteiger partial charge is 0.331 e. The molecule has 0 saturated carbocycles. The summed E-state index contributed by atoms with van der Waals surface area (Å²) in [5.41, 5.74) is 1.54. The average molecular weight is 367 g/mol. The van der Waals surface area contributed by atoms with Crippen LogP contribution in [-0.4, -0.2) is 37.1 Å². The zero-order chi connectivity index (χ0) is 19.0. The van der Waals surface area contributed by atoms with Crippen molar-refractivity contribution in [3.8, 4) is 0 Å². The fourth-order valence-corrected chi connectivity index (χ4v) is 4.03. The van der Waals surface area contributed by atoms with Gasteiger partial charge in [0, 0.05) is 18.8 Å². The van der Waals surface area contributed by atoms with Crippen LogP contribution in [0.3, 0.4) is 0 Å². The molecular formula is C23H30N2O2. The van der Waals surface area contributed by atoms with E-state index in [4.69, 9.17) is 4.74 Å². The molecule has 1 fully saturated rings. The number of hydrogen-bond acceptors (Lipinski definition) is 4. The predicted octanol–water partition coefficient (Wildman–Crippen LogP) is 4.43. The molecular weight excluding hydrogens is 336 g/mol. The largest absolute Gasteiger partial charge is 0.464 e. The Kier molecular flexibility index (Phi) is 6.88. The Morgan fingerprint density at radius 1 is 1.07 bits per heavy atom. The van der Waals surface area contributed by atoms with Crippen LogP contribution in [0, 0.1) is 0 Å². The number of piperidine rings is 1. The summed E-state index contributed by atoms with van der Waals surface area (Å²) >= 11 is 0. The van der Waals surface area contributed by atoms with E-state index in [1.165, 1.54) is 0 Å². The zero-order valence-corrected chi connectivity index (χ0v) is 16.2. The van der Waals surface area contributed by atoms with Crippen LogP contribution in [0.25, 0.3) is 0 Å². The first-order valence-corrected chi connectivity index (χ1v) is 10.0. The molecule has 1 atom stereocenters. The van der Waals surface area contributed by atoms with Gasteiger partial charge < -0.3 is 10.1 Å². The zero-order valence-electron chi connectivity index (χ0n) is 16.2. The molecule has 27 heavy (non-hydrogen) atoms. The van der Waals surface area contributed by atoms with E-state index in [9.17, 15) is 4.79 Å². The second-order valence-corrected chi connectivity index (χ2v) is 7.04. The van der Waals surface area contributed by atoms with Crippen molar-refractivity contribution in [3.63, 3.8) is 0 Å². The molecule has 4 heteroatoms. The second-order valence-electron chi connectivity index (χ2n) is 7.04. The van der Waals surface area contributed by atoms with Gasteiger partial charge in [-0.1, -0.05) is 48.5 Å². The molecule has 4 nitrogen and oxygen atoms in total. The number of carbonyl (C=O) groups excluding carboxylic acids is 1. The van der Waals surface area contributed by atoms with Crippen LogP contribution < -0.4 is 5.32 Å². The third-order valence-corrected chi connectivity index (χ3v) is 5.33. The fourth-order valence-electron chi connectivity index (χ4n) is 4.03. The number of esters is 1. The van der Waals surface area contributed by atoms with Crippen LogP contribution in [0.1, 0.15) is 38.2 Å². The van der Waals surface area contributed by atoms with E-state index in [0.29, 0.717) is 6.61 Å². The van der Waals surface area contributed by atoms with Crippen LogP contribution in [-0.2, 0) is 15.1 Å². The maximum absolute atomic E-state index is 13.1. The topological polar surface area (TPSA) is 41.6 Å². The van der Waals surface area contributed by atoms with Gasteiger partial charge in [-0.3, -0.25) is 4.90 Å². The van der Waals surface area contributed by atoms with Gasteiger partial charge in [0.25, 0.3) is 0 Å². The SMILES string of the molecule is CCOC(=O)C1(c2ccccc2)CCCCN1CCCNc1ccccc1. The van der Waals surface area contributed by atoms with Gasteiger partial charge in [0.15, 0.2) is 0 Å². The number of hydrogen-bond donors (Lipinski definition) is 1. The summed E-state index contributed by atoms with van der Waals surface area (Å²) in [6.07, 6.45) is 3.97. The van der Waals surface area contributed by atoms with Crippen LogP contribution in [0.5, 0.6) is 0 Å². The molecule has 2 aromatic rings. The highest BCUT2D eigenvalue weighted by Gasteiger charge is 2.47. The predicted molar refractivity (Wildman–Crippen MR) is 110 cm³/mol. The molecule has 0 radical (unpaired) electrons. The standard InChI is InChI=1S/C23H30N2O2/c1-2-27-22(26)23(20-12-5-3-6-13-20)16-9-10-18-25(23)19-11-17-24-21-14-7-4-8-15-21/h3-8,12-15,24H,2,9-11,16-19H2,1H3. The Bertz CT molecular complexity index is 705. The fraction of sp³-hybridized carbons (Fsp3) is 0.435. The van der Waals surface area contributed by atoms with Crippen LogP contribution in [0.15, 0.2) is 60.7 Å². The molecule has 144 valence electrons. The van der Waals surface area contributed by atoms with Crippen LogP contribution in [0.2, 0.25) is 0 Å². The van der Waals surface area contributed by atoms with Gasteiger partial charge in [-0.15, -0.1) is 0 Å². The molecule has 1 aliphatic rings. The lowest BCUT2D eigenvalue weighted by Gasteiger charge is -2.45. The lowest BCUT2D eigenvalue weighted by molar-refractivity contribution is -0.162. The van der Waals surface area contributed by atoms with Crippen molar-refractivity contribution in [2.24, 2.45) is 0 Å². The highest BCUT2D eigenvalue weighted by atomic mass is 16.5. The van der Waals surface area contributed by atoms with Crippen molar-refractivity contribution >= 4 is 11.7 Å². The molecule has 1 heterocycles. The summed E-state index contributed by atoms with van der Waals surface area (Å²) in [4.78, 5) is 15.4. The van der Waals surface area contributed by atoms with Crippen molar-refractivity contribution in [1.82, 2.24) is 4.90 Å². The lowest BCUT2D eigenvalue weighted by Crippen LogP contribution is -2.55. The van der Waals surface area contributed by atoms with E-state index in [1.807, 2.05) is 43.3 Å². The number of anilines is 1. The van der Waals surface area contributed by atoms with Gasteiger partial charge >= 0.3 is 5.97 Å². The molecule has 0 aliphatic carbocycles. The third kappa shape index (κ3) is 4.51. The first kappa shape index (κ1) is 19.4. The van der Waals surface area contributed by atoms with Gasteiger partial charge in [-0.05, 0) is 56.8 Å². The van der Waals surface area contributed by atoms with Crippen molar-refractivity contribution in [2.75, 3.05) is 31.6 Å². The molecule has 1 unspecified atom stereocenters. The van der Waals surface area contributed by atoms with Gasteiger partial charge in [-0.25, -0.2) is 4.79 Å². The number of para-hydroxylation sites is 1. The number of carbonyl (C=O) groups is 1. The number of benzene rings is 2. The third-order valence-electron chi connectivity index (χ3n) is 5.33. The quantitative estimate of drug-likeness (QED) is 0.554. The highest BCUT2D eigenvalue weighted by Crippen LogP contribution is 2.39. The van der Waals surface area contributed by atoms with Crippen LogP contribution in [0.4, 0.5) is 5.69 Å². The molecule has 0 bridgehead atoms. The van der Waals surface area contributed by atoms with E-state index in [-0.39, 0.29) is 5.97 Å². The molecule has 0 aromatic heterocycles. The Morgan fingerprint density at radius 3 is 2.48 bits per heavy atom. The first-order chi connectivity index (χ1) is 13.3. The number of likely N-dealkylation sites (tertiary alicyclic amines) is 1. The lowest BCUT2D eigenvalue weighted by atomic mass is 9.80. The Balaban J connectivity index is 1.72. The Hall–Kier alpha value is -2.33. The van der Waals surface area contributed by atoms with Crippen molar-refractivity contribution in [2.45, 2.75) is 38.1 Å². The number of ether oxygens (including phenoxy) is 1. The summed E-state index contributed by atoms with van der Waals surface area (Å²) in [6, 6.07) is 20.4. The number of rotatable bonds is 8. The minimum absolute atomic E-state index is 0.105. The highest BCUT2D eigenvalue weighted by molar-refractivity contribution is 5.83. The van der Waals surface area contributed by atoms with E-state index in [1.54, 1.807) is 0 Å². The van der Waals surface area contributed by atoms with E-state index in [0.717, 1.165) is 56.6 Å². The molecule has 1 N–H and O–H groups in total. The first-order valence-electron chi connectivity index (χ1n) is 10.0. The van der Waals surface area contributed by atoms with E-state index in [2.05, 4.69) is 34.5 Å². The molecule has 1 aliphatic heterocycles. The van der Waals surface area contributed by atoms with Gasteiger partial charge in [0.1, 0.15) is 5.54 Å². The van der Waals surface area contributed by atoms with Gasteiger partial charge in [0.2, 0.25) is 0 Å². The maximum Gasteiger partial charge on any atom is 0.331 e. The maximum atomic E-state index is 13.1. The van der Waals surface area contributed by atoms with E-state index >= 15 is 0 Å². The van der Waals surface area contributed by atoms with Crippen LogP contribution >= 0.6 is 0 Å². The summed E-state index contributed by atoms with van der Waals surface area (Å²) in [7, 11) is 0. The molecule has 2 aromatic carbocycles. The summed E-state index contributed by atoms with van der Waals surface area (Å²) in [6.45, 7) is 4.98. The summed E-state index contributed by atoms with van der Waals surface area (Å²) < 4.78 is 5.55. The molecule has 0 amide bonds. The molecule has 0 spiro atoms. The Labute approximate surface area is 162 Å². The Morgan fingerprint density at radius 2 is 1.78 bits per heavy atom. The normalized spacial score (nSPS) is 20.2. The van der Waals surface area contributed by atoms with Crippen molar-refractivity contribution < 1.29 is 9.53 Å². The molecule has 3 rings (SSSR count). The monoisotopic (exact) mass is 366 g/mol. The molecule has 1 saturated heterocycles. The van der Waals surface area contributed by atoms with E-state index < -0.39 is 5.54 Å². The van der Waals surface area contributed by atoms with Gasteiger partial charge in [0.05, 0.1) is 6.61 Å². The summed E-state index contributed by atoms with van der Waals surface area (Å²) in [5.74, 6) is -0.105.